The quantitative estimate of drug-likeness (QED) is 0.291. The SMILES string of the molecule is CC(C)c1ccc(N2C(=S)N[C@H](c3ccccn3)[C@@H]2c2cccn2-c2ccc(Br)cc2)cc1. The van der Waals surface area contributed by atoms with Gasteiger partial charge in [-0.05, 0) is 84.4 Å². The van der Waals surface area contributed by atoms with Gasteiger partial charge in [-0.25, -0.2) is 0 Å². The molecule has 0 unspecified atom stereocenters. The van der Waals surface area contributed by atoms with E-state index < -0.39 is 0 Å². The molecule has 3 heterocycles. The number of nitrogens with zero attached hydrogens (tertiary/aromatic N) is 3. The molecule has 0 amide bonds. The third-order valence-corrected chi connectivity index (χ3v) is 6.97. The van der Waals surface area contributed by atoms with Crippen LogP contribution in [0.15, 0.2) is 95.7 Å². The minimum Gasteiger partial charge on any atom is -0.351 e. The fourth-order valence-electron chi connectivity index (χ4n) is 4.43. The normalized spacial score (nSPS) is 18.1. The maximum atomic E-state index is 5.88. The predicted octanol–water partition coefficient (Wildman–Crippen LogP) is 6.94. The van der Waals surface area contributed by atoms with E-state index in [1.165, 1.54) is 5.56 Å². The summed E-state index contributed by atoms with van der Waals surface area (Å²) < 4.78 is 3.29. The molecular formula is C27H25BrN4S. The fourth-order valence-corrected chi connectivity index (χ4v) is 5.04. The van der Waals surface area contributed by atoms with E-state index in [0.29, 0.717) is 11.0 Å². The van der Waals surface area contributed by atoms with E-state index in [4.69, 9.17) is 12.2 Å². The average molecular weight is 517 g/mol. The molecule has 2 aromatic heterocycles. The highest BCUT2D eigenvalue weighted by Gasteiger charge is 2.42. The van der Waals surface area contributed by atoms with Gasteiger partial charge in [0.25, 0.3) is 0 Å². The predicted molar refractivity (Wildman–Crippen MR) is 142 cm³/mol. The Labute approximate surface area is 208 Å². The Bertz CT molecular complexity index is 1250. The molecule has 1 saturated heterocycles. The van der Waals surface area contributed by atoms with Gasteiger partial charge < -0.3 is 14.8 Å². The van der Waals surface area contributed by atoms with Crippen molar-refractivity contribution in [2.75, 3.05) is 4.90 Å². The lowest BCUT2D eigenvalue weighted by Crippen LogP contribution is -2.30. The molecule has 1 aliphatic rings. The van der Waals surface area contributed by atoms with E-state index >= 15 is 0 Å². The van der Waals surface area contributed by atoms with Crippen LogP contribution in [0.25, 0.3) is 5.69 Å². The topological polar surface area (TPSA) is 33.1 Å². The van der Waals surface area contributed by atoms with Crippen LogP contribution in [0.4, 0.5) is 5.69 Å². The molecule has 4 nitrogen and oxygen atoms in total. The molecule has 33 heavy (non-hydrogen) atoms. The van der Waals surface area contributed by atoms with E-state index in [2.05, 4.69) is 122 Å². The molecule has 0 spiro atoms. The number of aromatic nitrogens is 2. The van der Waals surface area contributed by atoms with Crippen molar-refractivity contribution in [3.05, 3.63) is 113 Å². The van der Waals surface area contributed by atoms with Crippen LogP contribution in [0.1, 0.15) is 48.8 Å². The second-order valence-electron chi connectivity index (χ2n) is 8.52. The summed E-state index contributed by atoms with van der Waals surface area (Å²) in [6, 6.07) is 27.3. The Morgan fingerprint density at radius 1 is 0.909 bits per heavy atom. The molecule has 0 aliphatic carbocycles. The third-order valence-electron chi connectivity index (χ3n) is 6.12. The molecular weight excluding hydrogens is 492 g/mol. The maximum absolute atomic E-state index is 5.88. The Morgan fingerprint density at radius 3 is 2.30 bits per heavy atom. The Balaban J connectivity index is 1.63. The van der Waals surface area contributed by atoms with Crippen LogP contribution >= 0.6 is 28.1 Å². The number of benzene rings is 2. The summed E-state index contributed by atoms with van der Waals surface area (Å²) in [4.78, 5) is 6.90. The molecule has 0 saturated carbocycles. The number of rotatable bonds is 5. The highest BCUT2D eigenvalue weighted by atomic mass is 79.9. The third kappa shape index (κ3) is 4.21. The number of hydrogen-bond donors (Lipinski definition) is 1. The van der Waals surface area contributed by atoms with Crippen LogP contribution in [0.5, 0.6) is 0 Å². The van der Waals surface area contributed by atoms with Crippen LogP contribution in [-0.4, -0.2) is 14.7 Å². The van der Waals surface area contributed by atoms with Crippen LogP contribution in [0, 0.1) is 0 Å². The Morgan fingerprint density at radius 2 is 1.64 bits per heavy atom. The zero-order valence-corrected chi connectivity index (χ0v) is 20.9. The molecule has 1 fully saturated rings. The van der Waals surface area contributed by atoms with Crippen molar-refractivity contribution in [1.29, 1.82) is 0 Å². The monoisotopic (exact) mass is 516 g/mol. The highest BCUT2D eigenvalue weighted by Crippen LogP contribution is 2.42. The summed E-state index contributed by atoms with van der Waals surface area (Å²) in [5, 5.41) is 4.26. The zero-order valence-electron chi connectivity index (χ0n) is 18.5. The van der Waals surface area contributed by atoms with Crippen LogP contribution in [0.2, 0.25) is 0 Å². The largest absolute Gasteiger partial charge is 0.351 e. The van der Waals surface area contributed by atoms with Crippen molar-refractivity contribution in [2.45, 2.75) is 31.8 Å². The van der Waals surface area contributed by atoms with Crippen molar-refractivity contribution in [3.8, 4) is 5.69 Å². The first kappa shape index (κ1) is 21.9. The summed E-state index contributed by atoms with van der Waals surface area (Å²) in [6.45, 7) is 4.42. The highest BCUT2D eigenvalue weighted by molar-refractivity contribution is 9.10. The molecule has 166 valence electrons. The molecule has 5 rings (SSSR count). The number of nitrogens with one attached hydrogen (secondary N) is 1. The maximum Gasteiger partial charge on any atom is 0.174 e. The summed E-state index contributed by atoms with van der Waals surface area (Å²) >= 11 is 9.43. The number of pyridine rings is 1. The number of thiocarbonyl (C=S) groups is 1. The first-order chi connectivity index (χ1) is 16.0. The van der Waals surface area contributed by atoms with Gasteiger partial charge in [-0.1, -0.05) is 48.0 Å². The van der Waals surface area contributed by atoms with Gasteiger partial charge in [0, 0.05) is 33.9 Å². The molecule has 0 bridgehead atoms. The minimum atomic E-state index is -0.0763. The lowest BCUT2D eigenvalue weighted by atomic mass is 9.99. The average Bonchev–Trinajstić information content (AvgIpc) is 3.44. The summed E-state index contributed by atoms with van der Waals surface area (Å²) in [5.74, 6) is 0.481. The van der Waals surface area contributed by atoms with Crippen LogP contribution < -0.4 is 10.2 Å². The van der Waals surface area contributed by atoms with Crippen molar-refractivity contribution in [1.82, 2.24) is 14.9 Å². The summed E-state index contributed by atoms with van der Waals surface area (Å²) in [7, 11) is 0. The smallest absolute Gasteiger partial charge is 0.174 e. The van der Waals surface area contributed by atoms with Gasteiger partial charge in [0.1, 0.15) is 6.04 Å². The molecule has 4 aromatic rings. The molecule has 1 N–H and O–H groups in total. The number of hydrogen-bond acceptors (Lipinski definition) is 2. The van der Waals surface area contributed by atoms with Gasteiger partial charge in [0.2, 0.25) is 0 Å². The lowest BCUT2D eigenvalue weighted by Gasteiger charge is -2.29. The molecule has 0 radical (unpaired) electrons. The van der Waals surface area contributed by atoms with Crippen molar-refractivity contribution >= 4 is 38.9 Å². The van der Waals surface area contributed by atoms with Crippen molar-refractivity contribution in [2.24, 2.45) is 0 Å². The van der Waals surface area contributed by atoms with E-state index in [1.807, 2.05) is 18.3 Å². The van der Waals surface area contributed by atoms with Gasteiger partial charge in [0.05, 0.1) is 11.7 Å². The Kier molecular flexibility index (Phi) is 6.04. The lowest BCUT2D eigenvalue weighted by molar-refractivity contribution is 0.549. The minimum absolute atomic E-state index is 0.0593. The second-order valence-corrected chi connectivity index (χ2v) is 9.82. The van der Waals surface area contributed by atoms with Gasteiger partial charge in [-0.3, -0.25) is 4.98 Å². The number of anilines is 1. The first-order valence-corrected chi connectivity index (χ1v) is 12.3. The Hall–Kier alpha value is -2.96. The van der Waals surface area contributed by atoms with Gasteiger partial charge in [0.15, 0.2) is 5.11 Å². The number of halogens is 1. The summed E-state index contributed by atoms with van der Waals surface area (Å²) in [6.07, 6.45) is 3.94. The van der Waals surface area contributed by atoms with Crippen molar-refractivity contribution in [3.63, 3.8) is 0 Å². The van der Waals surface area contributed by atoms with Gasteiger partial charge in [-0.15, -0.1) is 0 Å². The molecule has 1 aliphatic heterocycles. The standard InChI is InChI=1S/C27H25BrN4S/c1-18(2)19-8-12-22(13-9-19)32-26(25(30-27(32)33)23-6-3-4-16-29-23)24-7-5-17-31(24)21-14-10-20(28)11-15-21/h3-18,25-26H,1-2H3,(H,30,33)/t25-,26+/m1/s1. The molecule has 6 heteroatoms. The van der Waals surface area contributed by atoms with E-state index in [0.717, 1.165) is 27.2 Å². The summed E-state index contributed by atoms with van der Waals surface area (Å²) in [5.41, 5.74) is 5.60. The molecule has 2 aromatic carbocycles. The first-order valence-electron chi connectivity index (χ1n) is 11.1. The van der Waals surface area contributed by atoms with E-state index in [-0.39, 0.29) is 12.1 Å². The fraction of sp³-hybridized carbons (Fsp3) is 0.185. The van der Waals surface area contributed by atoms with E-state index in [1.54, 1.807) is 0 Å². The van der Waals surface area contributed by atoms with Gasteiger partial charge >= 0.3 is 0 Å². The zero-order chi connectivity index (χ0) is 22.9. The van der Waals surface area contributed by atoms with Crippen molar-refractivity contribution < 1.29 is 0 Å². The second kappa shape index (κ2) is 9.12. The van der Waals surface area contributed by atoms with E-state index in [9.17, 15) is 0 Å². The van der Waals surface area contributed by atoms with Crippen LogP contribution in [-0.2, 0) is 0 Å². The van der Waals surface area contributed by atoms with Gasteiger partial charge in [-0.2, -0.15) is 0 Å². The molecule has 2 atom stereocenters. The van der Waals surface area contributed by atoms with Crippen LogP contribution in [0.3, 0.4) is 0 Å².